The third-order valence-electron chi connectivity index (χ3n) is 4.21. The molecular formula is C17H25N3O4. The van der Waals surface area contributed by atoms with Gasteiger partial charge in [0.25, 0.3) is 0 Å². The maximum absolute atomic E-state index is 12.2. The van der Waals surface area contributed by atoms with Crippen molar-refractivity contribution >= 4 is 17.6 Å². The van der Waals surface area contributed by atoms with Crippen molar-refractivity contribution in [2.24, 2.45) is 5.92 Å². The number of amides is 1. The molecule has 132 valence electrons. The van der Waals surface area contributed by atoms with Crippen LogP contribution in [0.15, 0.2) is 24.3 Å². The van der Waals surface area contributed by atoms with Gasteiger partial charge in [-0.1, -0.05) is 6.07 Å². The molecule has 0 bridgehead atoms. The SMILES string of the molecule is COc1cccc(NC(=O)C[C@@H](CN2CCN(C)CC2)C(=O)O)c1. The lowest BCUT2D eigenvalue weighted by Gasteiger charge is -2.33. The summed E-state index contributed by atoms with van der Waals surface area (Å²) in [5.41, 5.74) is 0.600. The largest absolute Gasteiger partial charge is 0.497 e. The first-order valence-electron chi connectivity index (χ1n) is 8.05. The van der Waals surface area contributed by atoms with E-state index in [9.17, 15) is 14.7 Å². The number of methoxy groups -OCH3 is 1. The van der Waals surface area contributed by atoms with E-state index in [2.05, 4.69) is 15.1 Å². The maximum atomic E-state index is 12.2. The average Bonchev–Trinajstić information content (AvgIpc) is 2.56. The number of nitrogens with one attached hydrogen (secondary N) is 1. The van der Waals surface area contributed by atoms with Gasteiger partial charge in [0.15, 0.2) is 0 Å². The van der Waals surface area contributed by atoms with Crippen molar-refractivity contribution in [3.63, 3.8) is 0 Å². The summed E-state index contributed by atoms with van der Waals surface area (Å²) >= 11 is 0. The molecule has 1 saturated heterocycles. The number of likely N-dealkylation sites (N-methyl/N-ethyl adjacent to an activating group) is 1. The summed E-state index contributed by atoms with van der Waals surface area (Å²) in [6, 6.07) is 7.00. The number of carboxylic acid groups (broad SMARTS) is 1. The van der Waals surface area contributed by atoms with Crippen molar-refractivity contribution in [1.29, 1.82) is 0 Å². The standard InChI is InChI=1S/C17H25N3O4/c1-19-6-8-20(9-7-19)12-13(17(22)23)10-16(21)18-14-4-3-5-15(11-14)24-2/h3-5,11,13H,6-10,12H2,1-2H3,(H,18,21)(H,22,23)/t13-/m0/s1. The second-order valence-corrected chi connectivity index (χ2v) is 6.12. The molecule has 1 aromatic rings. The molecule has 1 heterocycles. The Morgan fingerprint density at radius 2 is 2.00 bits per heavy atom. The fourth-order valence-electron chi connectivity index (χ4n) is 2.71. The first kappa shape index (κ1) is 18.2. The molecule has 24 heavy (non-hydrogen) atoms. The van der Waals surface area contributed by atoms with Crippen LogP contribution in [0.25, 0.3) is 0 Å². The highest BCUT2D eigenvalue weighted by Gasteiger charge is 2.25. The molecule has 0 aliphatic carbocycles. The molecule has 7 heteroatoms. The Hall–Kier alpha value is -2.12. The van der Waals surface area contributed by atoms with Crippen LogP contribution in [0.5, 0.6) is 5.75 Å². The molecule has 2 rings (SSSR count). The summed E-state index contributed by atoms with van der Waals surface area (Å²) in [5.74, 6) is -1.31. The summed E-state index contributed by atoms with van der Waals surface area (Å²) < 4.78 is 5.11. The van der Waals surface area contributed by atoms with Gasteiger partial charge in [0, 0.05) is 50.9 Å². The minimum Gasteiger partial charge on any atom is -0.497 e. The number of hydrogen-bond acceptors (Lipinski definition) is 5. The molecule has 1 aliphatic heterocycles. The van der Waals surface area contributed by atoms with Gasteiger partial charge >= 0.3 is 5.97 Å². The number of piperazine rings is 1. The third-order valence-corrected chi connectivity index (χ3v) is 4.21. The lowest BCUT2D eigenvalue weighted by molar-refractivity contribution is -0.144. The second-order valence-electron chi connectivity index (χ2n) is 6.12. The van der Waals surface area contributed by atoms with Crippen molar-refractivity contribution in [3.05, 3.63) is 24.3 Å². The highest BCUT2D eigenvalue weighted by molar-refractivity contribution is 5.93. The number of benzene rings is 1. The van der Waals surface area contributed by atoms with Crippen molar-refractivity contribution in [2.75, 3.05) is 52.2 Å². The Morgan fingerprint density at radius 3 is 2.62 bits per heavy atom. The quantitative estimate of drug-likeness (QED) is 0.773. The smallest absolute Gasteiger partial charge is 0.308 e. The first-order chi connectivity index (χ1) is 11.5. The van der Waals surface area contributed by atoms with Gasteiger partial charge in [-0.05, 0) is 19.2 Å². The predicted molar refractivity (Wildman–Crippen MR) is 91.3 cm³/mol. The van der Waals surface area contributed by atoms with Crippen LogP contribution in [0, 0.1) is 5.92 Å². The maximum Gasteiger partial charge on any atom is 0.308 e. The fourth-order valence-corrected chi connectivity index (χ4v) is 2.71. The normalized spacial score (nSPS) is 17.2. The lowest BCUT2D eigenvalue weighted by Crippen LogP contribution is -2.47. The third kappa shape index (κ3) is 5.50. The molecule has 1 fully saturated rings. The first-order valence-corrected chi connectivity index (χ1v) is 8.05. The molecule has 0 radical (unpaired) electrons. The lowest BCUT2D eigenvalue weighted by atomic mass is 10.0. The predicted octanol–water partition coefficient (Wildman–Crippen LogP) is 0.972. The number of anilines is 1. The molecular weight excluding hydrogens is 310 g/mol. The van der Waals surface area contributed by atoms with E-state index in [0.717, 1.165) is 26.2 Å². The van der Waals surface area contributed by atoms with Crippen LogP contribution in [0.3, 0.4) is 0 Å². The van der Waals surface area contributed by atoms with Crippen molar-refractivity contribution in [3.8, 4) is 5.75 Å². The number of carbonyl (C=O) groups excluding carboxylic acids is 1. The topological polar surface area (TPSA) is 82.1 Å². The zero-order valence-electron chi connectivity index (χ0n) is 14.2. The second kappa shape index (κ2) is 8.65. The number of aliphatic carboxylic acids is 1. The minimum absolute atomic E-state index is 0.0428. The Balaban J connectivity index is 1.89. The van der Waals surface area contributed by atoms with Crippen LogP contribution < -0.4 is 10.1 Å². The number of rotatable bonds is 7. The number of hydrogen-bond donors (Lipinski definition) is 2. The summed E-state index contributed by atoms with van der Waals surface area (Å²) in [6.07, 6.45) is -0.0428. The average molecular weight is 335 g/mol. The van der Waals surface area contributed by atoms with Gasteiger partial charge in [0.05, 0.1) is 13.0 Å². The molecule has 0 spiro atoms. The Kier molecular flexibility index (Phi) is 6.57. The number of carboxylic acids is 1. The van der Waals surface area contributed by atoms with Gasteiger partial charge in [-0.2, -0.15) is 0 Å². The number of ether oxygens (including phenoxy) is 1. The summed E-state index contributed by atoms with van der Waals surface area (Å²) in [6.45, 7) is 3.90. The summed E-state index contributed by atoms with van der Waals surface area (Å²) in [5, 5.41) is 12.2. The van der Waals surface area contributed by atoms with Crippen LogP contribution >= 0.6 is 0 Å². The molecule has 0 aromatic heterocycles. The molecule has 2 N–H and O–H groups in total. The summed E-state index contributed by atoms with van der Waals surface area (Å²) in [4.78, 5) is 28.0. The number of nitrogens with zero attached hydrogens (tertiary/aromatic N) is 2. The minimum atomic E-state index is -0.935. The van der Waals surface area contributed by atoms with Crippen LogP contribution in [0.1, 0.15) is 6.42 Å². The fraction of sp³-hybridized carbons (Fsp3) is 0.529. The highest BCUT2D eigenvalue weighted by Crippen LogP contribution is 2.18. The zero-order chi connectivity index (χ0) is 17.5. The van der Waals surface area contributed by atoms with Crippen molar-refractivity contribution < 1.29 is 19.4 Å². The van der Waals surface area contributed by atoms with Crippen molar-refractivity contribution in [2.45, 2.75) is 6.42 Å². The number of carbonyl (C=O) groups is 2. The van der Waals surface area contributed by atoms with E-state index in [0.29, 0.717) is 18.0 Å². The Bertz CT molecular complexity index is 571. The van der Waals surface area contributed by atoms with Gasteiger partial charge in [0.1, 0.15) is 5.75 Å². The summed E-state index contributed by atoms with van der Waals surface area (Å²) in [7, 11) is 3.60. The van der Waals surface area contributed by atoms with Crippen LogP contribution in [0.2, 0.25) is 0 Å². The van der Waals surface area contributed by atoms with E-state index >= 15 is 0 Å². The van der Waals surface area contributed by atoms with E-state index in [4.69, 9.17) is 4.74 Å². The molecule has 1 aliphatic rings. The molecule has 1 aromatic carbocycles. The van der Waals surface area contributed by atoms with E-state index < -0.39 is 11.9 Å². The molecule has 1 atom stereocenters. The van der Waals surface area contributed by atoms with Gasteiger partial charge in [-0.3, -0.25) is 14.5 Å². The van der Waals surface area contributed by atoms with Crippen LogP contribution in [0.4, 0.5) is 5.69 Å². The molecule has 0 unspecified atom stereocenters. The molecule has 1 amide bonds. The van der Waals surface area contributed by atoms with Crippen molar-refractivity contribution in [1.82, 2.24) is 9.80 Å². The molecule has 0 saturated carbocycles. The monoisotopic (exact) mass is 335 g/mol. The van der Waals surface area contributed by atoms with E-state index in [-0.39, 0.29) is 12.3 Å². The van der Waals surface area contributed by atoms with E-state index in [1.54, 1.807) is 31.4 Å². The van der Waals surface area contributed by atoms with Gasteiger partial charge in [-0.25, -0.2) is 0 Å². The zero-order valence-corrected chi connectivity index (χ0v) is 14.2. The van der Waals surface area contributed by atoms with Crippen LogP contribution in [-0.4, -0.2) is 73.7 Å². The Labute approximate surface area is 142 Å². The molecule has 7 nitrogen and oxygen atoms in total. The van der Waals surface area contributed by atoms with Gasteiger partial charge in [0.2, 0.25) is 5.91 Å². The van der Waals surface area contributed by atoms with Gasteiger partial charge < -0.3 is 20.1 Å². The highest BCUT2D eigenvalue weighted by atomic mass is 16.5. The van der Waals surface area contributed by atoms with Gasteiger partial charge in [-0.15, -0.1) is 0 Å². The van der Waals surface area contributed by atoms with E-state index in [1.165, 1.54) is 0 Å². The Morgan fingerprint density at radius 1 is 1.29 bits per heavy atom. The van der Waals surface area contributed by atoms with E-state index in [1.807, 2.05) is 7.05 Å². The van der Waals surface area contributed by atoms with Crippen LogP contribution in [-0.2, 0) is 9.59 Å².